The number of aliphatic hydroxyl groups excluding tert-OH is 1. The molecule has 0 aromatic heterocycles. The van der Waals surface area contributed by atoms with Gasteiger partial charge in [-0.15, -0.1) is 0 Å². The maximum Gasteiger partial charge on any atom is 0.137 e. The molecule has 2 atom stereocenters. The number of aryl methyl sites for hydroxylation is 1. The number of benzene rings is 2. The average Bonchev–Trinajstić information content (AvgIpc) is 2.50. The molecule has 1 aliphatic rings. The largest absolute Gasteiger partial charge is 0.392 e. The Balaban J connectivity index is 1.69. The summed E-state index contributed by atoms with van der Waals surface area (Å²) in [6, 6.07) is 13.4. The van der Waals surface area contributed by atoms with Crippen LogP contribution in [0.15, 0.2) is 46.9 Å². The number of fused-ring (bicyclic) bond motifs is 1. The van der Waals surface area contributed by atoms with E-state index in [9.17, 15) is 9.50 Å². The molecule has 0 bridgehead atoms. The van der Waals surface area contributed by atoms with Crippen LogP contribution in [0.25, 0.3) is 0 Å². The predicted molar refractivity (Wildman–Crippen MR) is 85.8 cm³/mol. The van der Waals surface area contributed by atoms with E-state index in [1.54, 1.807) is 12.1 Å². The van der Waals surface area contributed by atoms with Gasteiger partial charge in [0.15, 0.2) is 0 Å². The Morgan fingerprint density at radius 2 is 1.95 bits per heavy atom. The molecule has 110 valence electrons. The summed E-state index contributed by atoms with van der Waals surface area (Å²) in [6.45, 7) is 0. The molecule has 2 unspecified atom stereocenters. The summed E-state index contributed by atoms with van der Waals surface area (Å²) in [5.41, 5.74) is 3.73. The Kier molecular flexibility index (Phi) is 4.41. The quantitative estimate of drug-likeness (QED) is 0.876. The Morgan fingerprint density at radius 1 is 1.19 bits per heavy atom. The standard InChI is InChI=1S/C18H18BrFO/c19-16-9-12(5-8-17(16)20)10-18(21)15-7-6-13-3-1-2-4-14(13)11-15/h1-5,8-9,15,18,21H,6-7,10-11H2. The third-order valence-corrected chi connectivity index (χ3v) is 4.97. The molecule has 1 nitrogen and oxygen atoms in total. The second-order valence-corrected chi connectivity index (χ2v) is 6.65. The second-order valence-electron chi connectivity index (χ2n) is 5.79. The van der Waals surface area contributed by atoms with Crippen molar-refractivity contribution in [2.75, 3.05) is 0 Å². The van der Waals surface area contributed by atoms with E-state index in [4.69, 9.17) is 0 Å². The van der Waals surface area contributed by atoms with Gasteiger partial charge in [0.25, 0.3) is 0 Å². The number of hydrogen-bond donors (Lipinski definition) is 1. The van der Waals surface area contributed by atoms with Crippen LogP contribution < -0.4 is 0 Å². The van der Waals surface area contributed by atoms with E-state index in [-0.39, 0.29) is 17.8 Å². The fourth-order valence-electron chi connectivity index (χ4n) is 3.13. The first kappa shape index (κ1) is 14.7. The minimum atomic E-state index is -0.379. The number of rotatable bonds is 3. The van der Waals surface area contributed by atoms with Gasteiger partial charge in [-0.05, 0) is 76.4 Å². The molecule has 1 aliphatic carbocycles. The lowest BCUT2D eigenvalue weighted by Gasteiger charge is -2.28. The molecule has 3 rings (SSSR count). The van der Waals surface area contributed by atoms with E-state index in [2.05, 4.69) is 40.2 Å². The van der Waals surface area contributed by atoms with Crippen molar-refractivity contribution in [1.29, 1.82) is 0 Å². The van der Waals surface area contributed by atoms with E-state index in [0.29, 0.717) is 10.9 Å². The lowest BCUT2D eigenvalue weighted by molar-refractivity contribution is 0.0993. The zero-order valence-corrected chi connectivity index (χ0v) is 13.3. The molecule has 0 saturated carbocycles. The van der Waals surface area contributed by atoms with Crippen LogP contribution in [0.3, 0.4) is 0 Å². The highest BCUT2D eigenvalue weighted by molar-refractivity contribution is 9.10. The summed E-state index contributed by atoms with van der Waals surface area (Å²) in [5.74, 6) is 0.0172. The summed E-state index contributed by atoms with van der Waals surface area (Å²) in [7, 11) is 0. The first-order valence-electron chi connectivity index (χ1n) is 7.32. The minimum Gasteiger partial charge on any atom is -0.392 e. The van der Waals surface area contributed by atoms with Crippen LogP contribution >= 0.6 is 15.9 Å². The molecule has 2 aromatic rings. The summed E-state index contributed by atoms with van der Waals surface area (Å²) >= 11 is 3.20. The van der Waals surface area contributed by atoms with Crippen LogP contribution in [0.2, 0.25) is 0 Å². The van der Waals surface area contributed by atoms with E-state index in [0.717, 1.165) is 24.8 Å². The van der Waals surface area contributed by atoms with Gasteiger partial charge in [-0.25, -0.2) is 4.39 Å². The molecule has 0 saturated heterocycles. The Labute approximate surface area is 132 Å². The molecule has 0 aliphatic heterocycles. The third-order valence-electron chi connectivity index (χ3n) is 4.36. The van der Waals surface area contributed by atoms with Crippen molar-refractivity contribution in [1.82, 2.24) is 0 Å². The van der Waals surface area contributed by atoms with E-state index in [1.807, 2.05) is 0 Å². The SMILES string of the molecule is OC(Cc1ccc(F)c(Br)c1)C1CCc2ccccc2C1. The van der Waals surface area contributed by atoms with E-state index < -0.39 is 0 Å². The van der Waals surface area contributed by atoms with Gasteiger partial charge in [0.2, 0.25) is 0 Å². The lowest BCUT2D eigenvalue weighted by atomic mass is 9.79. The summed E-state index contributed by atoms with van der Waals surface area (Å²) in [6.07, 6.45) is 3.17. The van der Waals surface area contributed by atoms with Gasteiger partial charge in [0, 0.05) is 0 Å². The van der Waals surface area contributed by atoms with Gasteiger partial charge < -0.3 is 5.11 Å². The molecule has 0 heterocycles. The lowest BCUT2D eigenvalue weighted by Crippen LogP contribution is -2.28. The van der Waals surface area contributed by atoms with E-state index >= 15 is 0 Å². The third kappa shape index (κ3) is 3.35. The summed E-state index contributed by atoms with van der Waals surface area (Å²) in [5, 5.41) is 10.5. The van der Waals surface area contributed by atoms with Crippen molar-refractivity contribution in [3.63, 3.8) is 0 Å². The molecule has 0 spiro atoms. The zero-order valence-electron chi connectivity index (χ0n) is 11.7. The minimum absolute atomic E-state index is 0.264. The normalized spacial score (nSPS) is 19.1. The van der Waals surface area contributed by atoms with Gasteiger partial charge in [0.05, 0.1) is 10.6 Å². The summed E-state index contributed by atoms with van der Waals surface area (Å²) in [4.78, 5) is 0. The Morgan fingerprint density at radius 3 is 2.71 bits per heavy atom. The second kappa shape index (κ2) is 6.29. The van der Waals surface area contributed by atoms with Crippen molar-refractivity contribution in [3.8, 4) is 0 Å². The fraction of sp³-hybridized carbons (Fsp3) is 0.333. The van der Waals surface area contributed by atoms with E-state index in [1.165, 1.54) is 17.2 Å². The monoisotopic (exact) mass is 348 g/mol. The van der Waals surface area contributed by atoms with Gasteiger partial charge >= 0.3 is 0 Å². The van der Waals surface area contributed by atoms with Crippen molar-refractivity contribution >= 4 is 15.9 Å². The van der Waals surface area contributed by atoms with Gasteiger partial charge in [-0.3, -0.25) is 0 Å². The Hall–Kier alpha value is -1.19. The molecule has 0 radical (unpaired) electrons. The first-order chi connectivity index (χ1) is 10.1. The Bertz CT molecular complexity index is 641. The zero-order chi connectivity index (χ0) is 14.8. The van der Waals surface area contributed by atoms with Gasteiger partial charge in [-0.1, -0.05) is 30.3 Å². The smallest absolute Gasteiger partial charge is 0.137 e. The number of hydrogen-bond acceptors (Lipinski definition) is 1. The number of halogens is 2. The van der Waals surface area contributed by atoms with Crippen LogP contribution in [0, 0.1) is 11.7 Å². The first-order valence-corrected chi connectivity index (χ1v) is 8.11. The van der Waals surface area contributed by atoms with Crippen molar-refractivity contribution < 1.29 is 9.50 Å². The molecule has 0 amide bonds. The average molecular weight is 349 g/mol. The van der Waals surface area contributed by atoms with Crippen LogP contribution in [-0.2, 0) is 19.3 Å². The highest BCUT2D eigenvalue weighted by Gasteiger charge is 2.24. The van der Waals surface area contributed by atoms with Gasteiger partial charge in [-0.2, -0.15) is 0 Å². The number of aliphatic hydroxyl groups is 1. The van der Waals surface area contributed by atoms with Crippen molar-refractivity contribution in [2.24, 2.45) is 5.92 Å². The molecule has 1 N–H and O–H groups in total. The van der Waals surface area contributed by atoms with Crippen LogP contribution in [0.1, 0.15) is 23.1 Å². The van der Waals surface area contributed by atoms with Crippen molar-refractivity contribution in [3.05, 3.63) is 69.4 Å². The highest BCUT2D eigenvalue weighted by atomic mass is 79.9. The van der Waals surface area contributed by atoms with Crippen LogP contribution in [-0.4, -0.2) is 11.2 Å². The highest BCUT2D eigenvalue weighted by Crippen LogP contribution is 2.29. The maximum absolute atomic E-state index is 13.2. The predicted octanol–water partition coefficient (Wildman–Crippen LogP) is 4.30. The molecule has 21 heavy (non-hydrogen) atoms. The molecular weight excluding hydrogens is 331 g/mol. The molecule has 2 aromatic carbocycles. The van der Waals surface area contributed by atoms with Crippen molar-refractivity contribution in [2.45, 2.75) is 31.8 Å². The fourth-order valence-corrected chi connectivity index (χ4v) is 3.56. The molecular formula is C18H18BrFO. The van der Waals surface area contributed by atoms with Crippen LogP contribution in [0.5, 0.6) is 0 Å². The molecule has 0 fully saturated rings. The molecule has 3 heteroatoms. The van der Waals surface area contributed by atoms with Crippen LogP contribution in [0.4, 0.5) is 4.39 Å². The maximum atomic E-state index is 13.2. The topological polar surface area (TPSA) is 20.2 Å². The van der Waals surface area contributed by atoms with Gasteiger partial charge in [0.1, 0.15) is 5.82 Å². The summed E-state index contributed by atoms with van der Waals surface area (Å²) < 4.78 is 13.7.